The van der Waals surface area contributed by atoms with Crippen LogP contribution >= 0.6 is 27.3 Å². The molecule has 1 aliphatic rings. The first-order valence-corrected chi connectivity index (χ1v) is 12.6. The third kappa shape index (κ3) is 5.06. The fourth-order valence-electron chi connectivity index (χ4n) is 4.27. The van der Waals surface area contributed by atoms with E-state index in [-0.39, 0.29) is 17.7 Å². The molecule has 0 saturated carbocycles. The minimum Gasteiger partial charge on any atom is -0.394 e. The molecule has 15 heteroatoms. The van der Waals surface area contributed by atoms with Crippen LogP contribution in [0.25, 0.3) is 22.0 Å². The topological polar surface area (TPSA) is 129 Å². The maximum absolute atomic E-state index is 13.7. The quantitative estimate of drug-likeness (QED) is 0.307. The summed E-state index contributed by atoms with van der Waals surface area (Å²) in [6.07, 6.45) is -2.24. The van der Waals surface area contributed by atoms with E-state index in [1.807, 2.05) is 5.38 Å². The number of rotatable bonds is 7. The molecule has 2 N–H and O–H groups in total. The van der Waals surface area contributed by atoms with Gasteiger partial charge in [0.05, 0.1) is 24.6 Å². The molecule has 4 aromatic rings. The molecule has 0 bridgehead atoms. The molecule has 1 saturated heterocycles. The van der Waals surface area contributed by atoms with Gasteiger partial charge in [-0.2, -0.15) is 0 Å². The molecular formula is C22H19BrF3N5O5S. The number of aromatic nitrogens is 5. The highest BCUT2D eigenvalue weighted by atomic mass is 79.9. The summed E-state index contributed by atoms with van der Waals surface area (Å²) in [6, 6.07) is 2.39. The van der Waals surface area contributed by atoms with E-state index in [4.69, 9.17) is 14.0 Å². The van der Waals surface area contributed by atoms with Crippen molar-refractivity contribution in [2.45, 2.75) is 36.9 Å². The van der Waals surface area contributed by atoms with E-state index in [1.54, 1.807) is 6.07 Å². The number of aliphatic hydroxyl groups is 2. The smallest absolute Gasteiger partial charge is 0.195 e. The molecule has 0 spiro atoms. The minimum atomic E-state index is -1.59. The molecule has 196 valence electrons. The standard InChI is InChI=1S/C22H19BrF3N5O5S/c1-34-21-14(4-10-5-15(36-29-10)22-27-17(23)8-37-22)35-16(7-32)20(33)19(21)31-6-13(28-30-31)9-2-11(24)18(26)12(25)3-9/h2-3,5-6,8,14,16,19-21,32-33H,4,7H2,1H3/t14-,16-,19+,20+,21+/m1/s1. The maximum atomic E-state index is 13.7. The second-order valence-electron chi connectivity index (χ2n) is 8.28. The summed E-state index contributed by atoms with van der Waals surface area (Å²) in [5.41, 5.74) is 0.522. The number of hydrogen-bond acceptors (Lipinski definition) is 10. The first-order valence-electron chi connectivity index (χ1n) is 10.9. The average molecular weight is 602 g/mol. The molecule has 0 unspecified atom stereocenters. The number of benzene rings is 1. The lowest BCUT2D eigenvalue weighted by molar-refractivity contribution is -0.212. The van der Waals surface area contributed by atoms with Gasteiger partial charge >= 0.3 is 0 Å². The monoisotopic (exact) mass is 601 g/mol. The molecule has 5 rings (SSSR count). The Kier molecular flexibility index (Phi) is 7.42. The van der Waals surface area contributed by atoms with Gasteiger partial charge in [0.15, 0.2) is 28.2 Å². The van der Waals surface area contributed by atoms with Crippen molar-refractivity contribution >= 4 is 27.3 Å². The number of hydrogen-bond donors (Lipinski definition) is 2. The third-order valence-corrected chi connectivity index (χ3v) is 7.55. The van der Waals surface area contributed by atoms with E-state index >= 15 is 0 Å². The summed E-state index contributed by atoms with van der Waals surface area (Å²) in [5, 5.41) is 35.3. The van der Waals surface area contributed by atoms with Crippen LogP contribution in [0.4, 0.5) is 13.2 Å². The first-order chi connectivity index (χ1) is 17.8. The van der Waals surface area contributed by atoms with Crippen LogP contribution < -0.4 is 0 Å². The van der Waals surface area contributed by atoms with Crippen molar-refractivity contribution in [1.29, 1.82) is 0 Å². The average Bonchev–Trinajstić information content (AvgIpc) is 3.64. The lowest BCUT2D eigenvalue weighted by atomic mass is 9.90. The number of thiazole rings is 1. The van der Waals surface area contributed by atoms with Crippen LogP contribution in [0, 0.1) is 17.5 Å². The van der Waals surface area contributed by atoms with E-state index in [1.165, 1.54) is 29.3 Å². The van der Waals surface area contributed by atoms with Crippen LogP contribution in [0.5, 0.6) is 0 Å². The number of methoxy groups -OCH3 is 1. The lowest BCUT2D eigenvalue weighted by Crippen LogP contribution is -2.57. The van der Waals surface area contributed by atoms with Gasteiger partial charge in [-0.05, 0) is 28.1 Å². The zero-order valence-electron chi connectivity index (χ0n) is 19.0. The minimum absolute atomic E-state index is 0.0409. The van der Waals surface area contributed by atoms with Gasteiger partial charge < -0.3 is 24.2 Å². The molecule has 1 aromatic carbocycles. The highest BCUT2D eigenvalue weighted by Gasteiger charge is 2.47. The van der Waals surface area contributed by atoms with E-state index in [0.29, 0.717) is 21.1 Å². The molecule has 0 radical (unpaired) electrons. The van der Waals surface area contributed by atoms with Gasteiger partial charge in [-0.1, -0.05) is 10.4 Å². The molecule has 0 aliphatic carbocycles. The number of aliphatic hydroxyl groups excluding tert-OH is 2. The van der Waals surface area contributed by atoms with E-state index in [2.05, 4.69) is 36.4 Å². The Morgan fingerprint density at radius 2 is 1.95 bits per heavy atom. The van der Waals surface area contributed by atoms with Crippen LogP contribution in [-0.4, -0.2) is 73.5 Å². The summed E-state index contributed by atoms with van der Waals surface area (Å²) in [4.78, 5) is 4.30. The zero-order valence-corrected chi connectivity index (χ0v) is 21.4. The predicted molar refractivity (Wildman–Crippen MR) is 126 cm³/mol. The van der Waals surface area contributed by atoms with Gasteiger partial charge in [0.1, 0.15) is 34.7 Å². The van der Waals surface area contributed by atoms with Gasteiger partial charge in [0, 0.05) is 30.5 Å². The predicted octanol–water partition coefficient (Wildman–Crippen LogP) is 3.16. The van der Waals surface area contributed by atoms with Gasteiger partial charge in [0.2, 0.25) is 0 Å². The van der Waals surface area contributed by atoms with Gasteiger partial charge in [-0.15, -0.1) is 16.4 Å². The lowest BCUT2D eigenvalue weighted by Gasteiger charge is -2.43. The van der Waals surface area contributed by atoms with Gasteiger partial charge in [-0.3, -0.25) is 0 Å². The SMILES string of the molecule is CO[C@@H]1[C@@H](n2cc(-c3cc(F)c(F)c(F)c3)nn2)[C@@H](O)[C@@H](CO)O[C@@H]1Cc1cc(-c2nc(Br)cs2)on1. The largest absolute Gasteiger partial charge is 0.394 e. The molecule has 1 fully saturated rings. The summed E-state index contributed by atoms with van der Waals surface area (Å²) >= 11 is 4.67. The van der Waals surface area contributed by atoms with Gasteiger partial charge in [0.25, 0.3) is 0 Å². The highest BCUT2D eigenvalue weighted by molar-refractivity contribution is 9.10. The van der Waals surface area contributed by atoms with Crippen molar-refractivity contribution in [3.8, 4) is 22.0 Å². The summed E-state index contributed by atoms with van der Waals surface area (Å²) in [5.74, 6) is -3.88. The first kappa shape index (κ1) is 25.9. The van der Waals surface area contributed by atoms with Crippen LogP contribution in [-0.2, 0) is 15.9 Å². The number of halogens is 4. The maximum Gasteiger partial charge on any atom is 0.195 e. The fraction of sp³-hybridized carbons (Fsp3) is 0.364. The Morgan fingerprint density at radius 1 is 1.19 bits per heavy atom. The Bertz CT molecular complexity index is 1380. The van der Waals surface area contributed by atoms with Crippen molar-refractivity contribution in [2.24, 2.45) is 0 Å². The summed E-state index contributed by atoms with van der Waals surface area (Å²) < 4.78 is 59.8. The fourth-order valence-corrected chi connectivity index (χ4v) is 5.47. The molecule has 37 heavy (non-hydrogen) atoms. The second kappa shape index (κ2) is 10.6. The summed E-state index contributed by atoms with van der Waals surface area (Å²) in [6.45, 7) is -0.502. The van der Waals surface area contributed by atoms with Crippen molar-refractivity contribution in [3.05, 3.63) is 57.5 Å². The van der Waals surface area contributed by atoms with Crippen molar-refractivity contribution < 1.29 is 37.4 Å². The molecular weight excluding hydrogens is 583 g/mol. The van der Waals surface area contributed by atoms with E-state index in [0.717, 1.165) is 12.1 Å². The number of ether oxygens (including phenoxy) is 2. The Balaban J connectivity index is 1.43. The van der Waals surface area contributed by atoms with Crippen LogP contribution in [0.2, 0.25) is 0 Å². The van der Waals surface area contributed by atoms with Crippen molar-refractivity contribution in [2.75, 3.05) is 13.7 Å². The van der Waals surface area contributed by atoms with E-state index < -0.39 is 54.5 Å². The van der Waals surface area contributed by atoms with Crippen molar-refractivity contribution in [1.82, 2.24) is 25.1 Å². The molecule has 0 amide bonds. The molecule has 10 nitrogen and oxygen atoms in total. The molecule has 3 aromatic heterocycles. The molecule has 5 atom stereocenters. The van der Waals surface area contributed by atoms with Crippen molar-refractivity contribution in [3.63, 3.8) is 0 Å². The normalized spacial score (nSPS) is 24.0. The Morgan fingerprint density at radius 3 is 2.59 bits per heavy atom. The van der Waals surface area contributed by atoms with Crippen LogP contribution in [0.3, 0.4) is 0 Å². The zero-order chi connectivity index (χ0) is 26.3. The molecule has 4 heterocycles. The second-order valence-corrected chi connectivity index (χ2v) is 9.95. The molecule has 1 aliphatic heterocycles. The third-order valence-electron chi connectivity index (χ3n) is 5.99. The van der Waals surface area contributed by atoms with Crippen LogP contribution in [0.1, 0.15) is 11.7 Å². The number of nitrogens with zero attached hydrogens (tertiary/aromatic N) is 5. The Hall–Kier alpha value is -2.69. The van der Waals surface area contributed by atoms with Gasteiger partial charge in [-0.25, -0.2) is 22.8 Å². The summed E-state index contributed by atoms with van der Waals surface area (Å²) in [7, 11) is 1.42. The van der Waals surface area contributed by atoms with E-state index in [9.17, 15) is 23.4 Å². The highest BCUT2D eigenvalue weighted by Crippen LogP contribution is 2.35. The van der Waals surface area contributed by atoms with Crippen LogP contribution in [0.15, 0.2) is 38.9 Å². The Labute approximate surface area is 219 Å².